The Labute approximate surface area is 188 Å². The van der Waals surface area contributed by atoms with E-state index < -0.39 is 17.2 Å². The fraction of sp³-hybridized carbons (Fsp3) is 0.444. The Morgan fingerprint density at radius 1 is 1.37 bits per heavy atom. The molecule has 9 heteroatoms. The third kappa shape index (κ3) is 3.55. The van der Waals surface area contributed by atoms with Crippen molar-refractivity contribution >= 4 is 60.3 Å². The number of nitrogens with one attached hydrogen (secondary N) is 1. The number of carboxylic acids is 1. The smallest absolute Gasteiger partial charge is 1.00 e. The van der Waals surface area contributed by atoms with Gasteiger partial charge in [-0.3, -0.25) is 4.79 Å². The minimum atomic E-state index is -1.31. The molecule has 27 heavy (non-hydrogen) atoms. The molecule has 1 saturated heterocycles. The van der Waals surface area contributed by atoms with E-state index in [2.05, 4.69) is 5.32 Å². The van der Waals surface area contributed by atoms with Crippen LogP contribution in [0.2, 0.25) is 0 Å². The van der Waals surface area contributed by atoms with E-state index in [1.807, 2.05) is 4.90 Å². The van der Waals surface area contributed by atoms with Crippen LogP contribution in [0.25, 0.3) is 10.9 Å². The van der Waals surface area contributed by atoms with Crippen molar-refractivity contribution in [1.29, 1.82) is 0 Å². The molecule has 142 valence electrons. The van der Waals surface area contributed by atoms with Gasteiger partial charge in [-0.1, -0.05) is 0 Å². The van der Waals surface area contributed by atoms with Gasteiger partial charge in [0.15, 0.2) is 11.6 Å². The van der Waals surface area contributed by atoms with Gasteiger partial charge in [-0.15, -0.1) is 0 Å². The number of benzene rings is 1. The van der Waals surface area contributed by atoms with Crippen molar-refractivity contribution in [2.45, 2.75) is 18.9 Å². The number of ether oxygens (including phenoxy) is 1. The molecule has 0 atom stereocenters. The van der Waals surface area contributed by atoms with Gasteiger partial charge in [0, 0.05) is 38.4 Å². The Morgan fingerprint density at radius 2 is 2.04 bits per heavy atom. The maximum atomic E-state index is 15.0. The van der Waals surface area contributed by atoms with Gasteiger partial charge in [0.25, 0.3) is 0 Å². The summed E-state index contributed by atoms with van der Waals surface area (Å²) in [6.45, 7) is 2.71. The molecule has 1 aliphatic heterocycles. The maximum Gasteiger partial charge on any atom is 2.00 e. The number of rotatable bonds is 4. The second-order valence-electron chi connectivity index (χ2n) is 6.69. The van der Waals surface area contributed by atoms with Crippen LogP contribution in [-0.4, -0.2) is 86.7 Å². The Kier molecular flexibility index (Phi) is 6.00. The first-order chi connectivity index (χ1) is 12.5. The molecule has 0 bridgehead atoms. The number of aromatic carboxylic acids is 1. The molecule has 2 N–H and O–H groups in total. The topological polar surface area (TPSA) is 83.8 Å². The number of carbonyl (C=O) groups is 1. The monoisotopic (exact) mass is 403 g/mol. The van der Waals surface area contributed by atoms with Crippen LogP contribution in [0, 0.1) is 5.82 Å². The van der Waals surface area contributed by atoms with Gasteiger partial charge in [0.2, 0.25) is 5.43 Å². The van der Waals surface area contributed by atoms with Crippen LogP contribution in [0.1, 0.15) is 32.1 Å². The molecule has 1 saturated carbocycles. The third-order valence-corrected chi connectivity index (χ3v) is 5.01. The second-order valence-corrected chi connectivity index (χ2v) is 6.69. The number of methoxy groups -OCH3 is 1. The quantitative estimate of drug-likeness (QED) is 0.752. The summed E-state index contributed by atoms with van der Waals surface area (Å²) >= 11 is 0. The van der Waals surface area contributed by atoms with Crippen molar-refractivity contribution < 1.29 is 21.9 Å². The fourth-order valence-electron chi connectivity index (χ4n) is 3.61. The zero-order valence-corrected chi connectivity index (χ0v) is 17.3. The number of nitrogens with zero attached hydrogens (tertiary/aromatic N) is 2. The van der Waals surface area contributed by atoms with Crippen LogP contribution >= 0.6 is 0 Å². The van der Waals surface area contributed by atoms with Crippen LogP contribution in [-0.2, 0) is 0 Å². The summed E-state index contributed by atoms with van der Waals surface area (Å²) in [6.07, 6.45) is 3.15. The van der Waals surface area contributed by atoms with E-state index in [-0.39, 0.29) is 57.6 Å². The maximum absolute atomic E-state index is 15.0. The molecule has 0 amide bonds. The number of aromatic nitrogens is 1. The minimum absolute atomic E-state index is 0. The summed E-state index contributed by atoms with van der Waals surface area (Å²) in [7, 11) is 1.45. The number of piperazine rings is 1. The zero-order chi connectivity index (χ0) is 18.4. The van der Waals surface area contributed by atoms with E-state index in [0.717, 1.165) is 32.0 Å². The van der Waals surface area contributed by atoms with Crippen molar-refractivity contribution in [2.75, 3.05) is 38.2 Å². The second kappa shape index (κ2) is 7.95. The standard InChI is InChI=1S/C18H20FN3O4.Ca.2H/c1-26-17-14-11(8-13(19)15(17)21-6-4-20-5-7-21)16(23)12(18(24)25)9-22(14)10-2-3-10;;;/h8-10,20H,2-7H2,1H3,(H,24,25);;;/q;+2;2*-1. The van der Waals surface area contributed by atoms with Crippen molar-refractivity contribution in [2.24, 2.45) is 0 Å². The Balaban J connectivity index is 0.00000140. The molecule has 0 unspecified atom stereocenters. The van der Waals surface area contributed by atoms with E-state index in [4.69, 9.17) is 4.74 Å². The van der Waals surface area contributed by atoms with Crippen LogP contribution in [0.3, 0.4) is 0 Å². The summed E-state index contributed by atoms with van der Waals surface area (Å²) in [5.41, 5.74) is -0.229. The number of fused-ring (bicyclic) bond motifs is 1. The van der Waals surface area contributed by atoms with Gasteiger partial charge < -0.3 is 27.5 Å². The third-order valence-electron chi connectivity index (χ3n) is 5.01. The molecule has 4 rings (SSSR count). The summed E-state index contributed by atoms with van der Waals surface area (Å²) < 4.78 is 22.3. The Morgan fingerprint density at radius 3 is 2.59 bits per heavy atom. The first-order valence-electron chi connectivity index (χ1n) is 8.67. The molecule has 0 radical (unpaired) electrons. The number of hydrogen-bond donors (Lipinski definition) is 2. The van der Waals surface area contributed by atoms with Gasteiger partial charge in [-0.05, 0) is 18.9 Å². The largest absolute Gasteiger partial charge is 2.00 e. The minimum Gasteiger partial charge on any atom is -1.00 e. The molecule has 2 aromatic rings. The van der Waals surface area contributed by atoms with Crippen LogP contribution < -0.4 is 20.4 Å². The first kappa shape index (κ1) is 20.4. The van der Waals surface area contributed by atoms with E-state index in [0.29, 0.717) is 30.0 Å². The van der Waals surface area contributed by atoms with E-state index >= 15 is 0 Å². The summed E-state index contributed by atoms with van der Waals surface area (Å²) in [5, 5.41) is 12.6. The number of halogens is 1. The average Bonchev–Trinajstić information content (AvgIpc) is 3.47. The molecule has 7 nitrogen and oxygen atoms in total. The molecule has 1 aromatic carbocycles. The van der Waals surface area contributed by atoms with E-state index in [1.165, 1.54) is 13.3 Å². The van der Waals surface area contributed by atoms with Crippen LogP contribution in [0.15, 0.2) is 17.1 Å². The molecule has 2 heterocycles. The number of hydrogen-bond acceptors (Lipinski definition) is 5. The number of carboxylic acid groups (broad SMARTS) is 1. The number of anilines is 1. The molecular formula is C18H22CaFN3O4. The predicted molar refractivity (Wildman–Crippen MR) is 103 cm³/mol. The van der Waals surface area contributed by atoms with E-state index in [1.54, 1.807) is 4.57 Å². The zero-order valence-electron chi connectivity index (χ0n) is 17.1. The van der Waals surface area contributed by atoms with Crippen LogP contribution in [0.4, 0.5) is 10.1 Å². The molecular weight excluding hydrogens is 381 g/mol. The summed E-state index contributed by atoms with van der Waals surface area (Å²) in [6, 6.07) is 1.26. The average molecular weight is 403 g/mol. The molecule has 2 fully saturated rings. The SMILES string of the molecule is COc1c(N2CCNCC2)c(F)cc2c(=O)c(C(=O)O)cn(C3CC3)c12.[Ca+2].[H-].[H-]. The Hall–Kier alpha value is -1.35. The Bertz CT molecular complexity index is 962. The van der Waals surface area contributed by atoms with Gasteiger partial charge in [-0.25, -0.2) is 9.18 Å². The van der Waals surface area contributed by atoms with Crippen molar-refractivity contribution in [3.63, 3.8) is 0 Å². The molecule has 1 aromatic heterocycles. The van der Waals surface area contributed by atoms with Crippen molar-refractivity contribution in [3.8, 4) is 5.75 Å². The van der Waals surface area contributed by atoms with Gasteiger partial charge in [-0.2, -0.15) is 0 Å². The summed E-state index contributed by atoms with van der Waals surface area (Å²) in [4.78, 5) is 26.0. The van der Waals surface area contributed by atoms with Gasteiger partial charge in [0.05, 0.1) is 18.0 Å². The molecule has 0 spiro atoms. The van der Waals surface area contributed by atoms with E-state index in [9.17, 15) is 19.1 Å². The normalized spacial score (nSPS) is 16.9. The van der Waals surface area contributed by atoms with Crippen molar-refractivity contribution in [1.82, 2.24) is 9.88 Å². The summed E-state index contributed by atoms with van der Waals surface area (Å²) in [5.74, 6) is -1.59. The molecule has 1 aliphatic carbocycles. The fourth-order valence-corrected chi connectivity index (χ4v) is 3.61. The van der Waals surface area contributed by atoms with Crippen molar-refractivity contribution in [3.05, 3.63) is 33.9 Å². The molecule has 2 aliphatic rings. The number of pyridine rings is 1. The van der Waals surface area contributed by atoms with Crippen LogP contribution in [0.5, 0.6) is 5.75 Å². The predicted octanol–water partition coefficient (Wildman–Crippen LogP) is 1.44. The van der Waals surface area contributed by atoms with Gasteiger partial charge >= 0.3 is 43.7 Å². The van der Waals surface area contributed by atoms with Gasteiger partial charge in [0.1, 0.15) is 11.3 Å². The first-order valence-corrected chi connectivity index (χ1v) is 8.67.